The van der Waals surface area contributed by atoms with Crippen molar-refractivity contribution in [1.82, 2.24) is 19.8 Å². The highest BCUT2D eigenvalue weighted by molar-refractivity contribution is 5.94. The second kappa shape index (κ2) is 11.4. The van der Waals surface area contributed by atoms with Crippen LogP contribution < -0.4 is 4.90 Å². The molecule has 0 radical (unpaired) electrons. The van der Waals surface area contributed by atoms with E-state index in [2.05, 4.69) is 57.8 Å². The highest BCUT2D eigenvalue weighted by atomic mass is 16.1. The van der Waals surface area contributed by atoms with Gasteiger partial charge >= 0.3 is 0 Å². The molecule has 0 amide bonds. The summed E-state index contributed by atoms with van der Waals surface area (Å²) in [5.74, 6) is 0.850. The zero-order valence-electron chi connectivity index (χ0n) is 21.5. The Balaban J connectivity index is 1.35. The van der Waals surface area contributed by atoms with Crippen molar-refractivity contribution < 1.29 is 4.79 Å². The van der Waals surface area contributed by atoms with Gasteiger partial charge in [-0.25, -0.2) is 9.97 Å². The number of piperidine rings is 1. The maximum Gasteiger partial charge on any atom is 0.226 e. The SMILES string of the molecule is CCCC(=O)c1cc(C)nc(N2CCN(C3CCN(Cc4ccc(C)cc4)CC3)[C@@H](CC)C2)n1. The van der Waals surface area contributed by atoms with Crippen LogP contribution in [0.25, 0.3) is 0 Å². The van der Waals surface area contributed by atoms with Crippen LogP contribution in [0.4, 0.5) is 5.95 Å². The van der Waals surface area contributed by atoms with E-state index >= 15 is 0 Å². The van der Waals surface area contributed by atoms with Gasteiger partial charge in [0.2, 0.25) is 5.95 Å². The molecule has 2 aliphatic rings. The van der Waals surface area contributed by atoms with E-state index in [9.17, 15) is 4.79 Å². The summed E-state index contributed by atoms with van der Waals surface area (Å²) >= 11 is 0. The van der Waals surface area contributed by atoms with E-state index in [0.29, 0.717) is 24.2 Å². The van der Waals surface area contributed by atoms with Gasteiger partial charge in [-0.2, -0.15) is 0 Å². The molecule has 34 heavy (non-hydrogen) atoms. The molecule has 0 spiro atoms. The minimum atomic E-state index is 0.123. The van der Waals surface area contributed by atoms with Gasteiger partial charge in [-0.3, -0.25) is 14.6 Å². The number of ketones is 1. The van der Waals surface area contributed by atoms with E-state index < -0.39 is 0 Å². The summed E-state index contributed by atoms with van der Waals surface area (Å²) in [7, 11) is 0. The molecular formula is C28H41N5O. The first-order chi connectivity index (χ1) is 16.5. The van der Waals surface area contributed by atoms with E-state index in [1.807, 2.05) is 19.9 Å². The van der Waals surface area contributed by atoms with E-state index in [-0.39, 0.29) is 5.78 Å². The number of benzene rings is 1. The molecule has 0 bridgehead atoms. The molecule has 1 aromatic heterocycles. The van der Waals surface area contributed by atoms with E-state index in [1.54, 1.807) is 0 Å². The van der Waals surface area contributed by atoms with E-state index in [4.69, 9.17) is 4.98 Å². The number of likely N-dealkylation sites (tertiary alicyclic amines) is 1. The first kappa shape index (κ1) is 24.8. The van der Waals surface area contributed by atoms with Crippen molar-refractivity contribution in [3.63, 3.8) is 0 Å². The average Bonchev–Trinajstić information content (AvgIpc) is 2.85. The van der Waals surface area contributed by atoms with Gasteiger partial charge in [0.15, 0.2) is 5.78 Å². The summed E-state index contributed by atoms with van der Waals surface area (Å²) < 4.78 is 0. The van der Waals surface area contributed by atoms with Gasteiger partial charge in [0, 0.05) is 50.4 Å². The first-order valence-corrected chi connectivity index (χ1v) is 13.1. The van der Waals surface area contributed by atoms with Gasteiger partial charge < -0.3 is 4.90 Å². The molecule has 1 atom stereocenters. The van der Waals surface area contributed by atoms with Crippen molar-refractivity contribution in [2.45, 2.75) is 78.4 Å². The molecule has 0 saturated carbocycles. The Labute approximate surface area is 205 Å². The summed E-state index contributed by atoms with van der Waals surface area (Å²) in [5.41, 5.74) is 4.19. The van der Waals surface area contributed by atoms with Crippen LogP contribution in [0.3, 0.4) is 0 Å². The lowest BCUT2D eigenvalue weighted by molar-refractivity contribution is 0.0608. The Morgan fingerprint density at radius 3 is 2.41 bits per heavy atom. The van der Waals surface area contributed by atoms with Crippen LogP contribution in [0.1, 0.15) is 73.3 Å². The topological polar surface area (TPSA) is 52.6 Å². The summed E-state index contributed by atoms with van der Waals surface area (Å²) in [4.78, 5) is 29.5. The molecular weight excluding hydrogens is 422 g/mol. The van der Waals surface area contributed by atoms with Gasteiger partial charge in [0.25, 0.3) is 0 Å². The Kier molecular flexibility index (Phi) is 8.32. The van der Waals surface area contributed by atoms with Crippen molar-refractivity contribution in [2.24, 2.45) is 0 Å². The molecule has 2 fully saturated rings. The largest absolute Gasteiger partial charge is 0.338 e. The molecule has 0 aliphatic carbocycles. The van der Waals surface area contributed by atoms with Crippen LogP contribution in [-0.4, -0.2) is 70.4 Å². The fourth-order valence-electron chi connectivity index (χ4n) is 5.45. The zero-order valence-corrected chi connectivity index (χ0v) is 21.5. The number of hydrogen-bond acceptors (Lipinski definition) is 6. The van der Waals surface area contributed by atoms with Gasteiger partial charge in [-0.05, 0) is 64.3 Å². The maximum atomic E-state index is 12.4. The maximum absolute atomic E-state index is 12.4. The third kappa shape index (κ3) is 6.02. The fourth-order valence-corrected chi connectivity index (χ4v) is 5.45. The lowest BCUT2D eigenvalue weighted by atomic mass is 9.98. The lowest BCUT2D eigenvalue weighted by Gasteiger charge is -2.47. The lowest BCUT2D eigenvalue weighted by Crippen LogP contribution is -2.58. The monoisotopic (exact) mass is 463 g/mol. The van der Waals surface area contributed by atoms with Crippen LogP contribution in [0.15, 0.2) is 30.3 Å². The van der Waals surface area contributed by atoms with Gasteiger partial charge in [0.05, 0.1) is 0 Å². The number of carbonyl (C=O) groups excluding carboxylic acids is 1. The molecule has 2 aromatic rings. The second-order valence-corrected chi connectivity index (χ2v) is 10.1. The van der Waals surface area contributed by atoms with Crippen LogP contribution >= 0.6 is 0 Å². The number of nitrogens with zero attached hydrogens (tertiary/aromatic N) is 5. The van der Waals surface area contributed by atoms with Crippen molar-refractivity contribution in [3.8, 4) is 0 Å². The van der Waals surface area contributed by atoms with E-state index in [1.165, 1.54) is 37.1 Å². The zero-order chi connectivity index (χ0) is 24.1. The molecule has 4 rings (SSSR count). The minimum absolute atomic E-state index is 0.123. The van der Waals surface area contributed by atoms with Crippen LogP contribution in [-0.2, 0) is 6.54 Å². The molecule has 6 heteroatoms. The minimum Gasteiger partial charge on any atom is -0.338 e. The fraction of sp³-hybridized carbons (Fsp3) is 0.607. The number of anilines is 1. The Morgan fingerprint density at radius 1 is 1.00 bits per heavy atom. The standard InChI is InChI=1S/C28H41N5O/c1-5-7-27(34)26-18-22(4)29-28(30-26)32-16-17-33(24(6-2)20-32)25-12-14-31(15-13-25)19-23-10-8-21(3)9-11-23/h8-11,18,24-25H,5-7,12-17,19-20H2,1-4H3/t24-/m0/s1. The third-order valence-electron chi connectivity index (χ3n) is 7.44. The molecule has 2 saturated heterocycles. The smallest absolute Gasteiger partial charge is 0.226 e. The molecule has 6 nitrogen and oxygen atoms in total. The molecule has 0 N–H and O–H groups in total. The van der Waals surface area contributed by atoms with Crippen LogP contribution in [0.5, 0.6) is 0 Å². The van der Waals surface area contributed by atoms with Crippen molar-refractivity contribution >= 4 is 11.7 Å². The van der Waals surface area contributed by atoms with Crippen LogP contribution in [0, 0.1) is 13.8 Å². The average molecular weight is 464 g/mol. The highest BCUT2D eigenvalue weighted by Crippen LogP contribution is 2.26. The highest BCUT2D eigenvalue weighted by Gasteiger charge is 2.34. The summed E-state index contributed by atoms with van der Waals surface area (Å²) in [6.45, 7) is 14.7. The number of aromatic nitrogens is 2. The number of Topliss-reactive ketones (excluding diaryl/α,β-unsaturated/α-hetero) is 1. The number of hydrogen-bond donors (Lipinski definition) is 0. The quantitative estimate of drug-likeness (QED) is 0.532. The number of piperazine rings is 1. The second-order valence-electron chi connectivity index (χ2n) is 10.1. The normalized spacial score (nSPS) is 20.6. The van der Waals surface area contributed by atoms with E-state index in [0.717, 1.165) is 50.7 Å². The van der Waals surface area contributed by atoms with Crippen molar-refractivity contribution in [3.05, 3.63) is 52.8 Å². The van der Waals surface area contributed by atoms with Crippen molar-refractivity contribution in [2.75, 3.05) is 37.6 Å². The van der Waals surface area contributed by atoms with Gasteiger partial charge in [-0.15, -0.1) is 0 Å². The Hall–Kier alpha value is -2.31. The molecule has 1 aromatic carbocycles. The predicted octanol–water partition coefficient (Wildman–Crippen LogP) is 4.64. The first-order valence-electron chi connectivity index (χ1n) is 13.1. The Morgan fingerprint density at radius 2 is 1.74 bits per heavy atom. The van der Waals surface area contributed by atoms with Gasteiger partial charge in [0.1, 0.15) is 5.69 Å². The number of aryl methyl sites for hydroxylation is 2. The third-order valence-corrected chi connectivity index (χ3v) is 7.44. The van der Waals surface area contributed by atoms with Crippen LogP contribution in [0.2, 0.25) is 0 Å². The summed E-state index contributed by atoms with van der Waals surface area (Å²) in [5, 5.41) is 0. The Bertz CT molecular complexity index is 952. The molecule has 3 heterocycles. The molecule has 2 aliphatic heterocycles. The van der Waals surface area contributed by atoms with Gasteiger partial charge in [-0.1, -0.05) is 43.7 Å². The predicted molar refractivity (Wildman–Crippen MR) is 138 cm³/mol. The summed E-state index contributed by atoms with van der Waals surface area (Å²) in [6, 6.07) is 12.0. The number of rotatable bonds is 8. The van der Waals surface area contributed by atoms with Crippen molar-refractivity contribution in [1.29, 1.82) is 0 Å². The number of carbonyl (C=O) groups is 1. The summed E-state index contributed by atoms with van der Waals surface area (Å²) in [6.07, 6.45) is 4.98. The molecule has 184 valence electrons. The molecule has 0 unspecified atom stereocenters.